The number of piperazine rings is 1. The summed E-state index contributed by atoms with van der Waals surface area (Å²) in [4.78, 5) is 43.8. The maximum absolute atomic E-state index is 12.9. The lowest BCUT2D eigenvalue weighted by Gasteiger charge is -2.36. The number of benzene rings is 1. The molecule has 4 aliphatic rings. The average molecular weight is 379 g/mol. The van der Waals surface area contributed by atoms with Gasteiger partial charge in [0.05, 0.1) is 11.8 Å². The van der Waals surface area contributed by atoms with Gasteiger partial charge in [-0.15, -0.1) is 0 Å². The molecule has 0 aromatic heterocycles. The minimum absolute atomic E-state index is 0.103. The Morgan fingerprint density at radius 2 is 1.68 bits per heavy atom. The van der Waals surface area contributed by atoms with E-state index in [1.54, 1.807) is 4.90 Å². The Morgan fingerprint density at radius 1 is 1.00 bits per heavy atom. The first-order valence-corrected chi connectivity index (χ1v) is 10.2. The van der Waals surface area contributed by atoms with E-state index >= 15 is 0 Å². The summed E-state index contributed by atoms with van der Waals surface area (Å²) in [6.45, 7) is 4.70. The number of carbonyl (C=O) groups is 3. The topological polar surface area (TPSA) is 60.9 Å². The van der Waals surface area contributed by atoms with Gasteiger partial charge in [0.2, 0.25) is 17.7 Å². The van der Waals surface area contributed by atoms with Crippen LogP contribution in [0.4, 0.5) is 5.69 Å². The number of amides is 3. The fourth-order valence-electron chi connectivity index (χ4n) is 5.58. The van der Waals surface area contributed by atoms with Crippen molar-refractivity contribution < 1.29 is 14.4 Å². The van der Waals surface area contributed by atoms with Crippen molar-refractivity contribution in [3.05, 3.63) is 42.0 Å². The molecule has 6 nitrogen and oxygen atoms in total. The standard InChI is InChI=1S/C22H25N3O3/c1-14-11-15-12-17(14)20-19(15)21(27)25(22(20)28)13-18(26)24-9-7-23(8-10-24)16-5-3-2-4-6-16/h2-6,11,15,17,19-20H,7-10,12-13H2,1H3/t15-,17+,19+,20-/m1/s1. The Hall–Kier alpha value is -2.63. The van der Waals surface area contributed by atoms with Gasteiger partial charge >= 0.3 is 0 Å². The number of likely N-dealkylation sites (tertiary alicyclic amines) is 1. The monoisotopic (exact) mass is 379 g/mol. The van der Waals surface area contributed by atoms with Crippen LogP contribution in [-0.4, -0.2) is 60.2 Å². The van der Waals surface area contributed by atoms with Gasteiger partial charge in [-0.05, 0) is 37.3 Å². The second-order valence-corrected chi connectivity index (χ2v) is 8.43. The van der Waals surface area contributed by atoms with Gasteiger partial charge in [-0.2, -0.15) is 0 Å². The highest BCUT2D eigenvalue weighted by molar-refractivity contribution is 6.08. The van der Waals surface area contributed by atoms with Crippen molar-refractivity contribution in [1.29, 1.82) is 0 Å². The number of fused-ring (bicyclic) bond motifs is 5. The third-order valence-corrected chi connectivity index (χ3v) is 7.02. The van der Waals surface area contributed by atoms with Crippen LogP contribution in [0.15, 0.2) is 42.0 Å². The third kappa shape index (κ3) is 2.58. The molecule has 0 unspecified atom stereocenters. The number of allylic oxidation sites excluding steroid dienone is 2. The number of hydrogen-bond donors (Lipinski definition) is 0. The van der Waals surface area contributed by atoms with Crippen LogP contribution < -0.4 is 4.90 Å². The molecule has 2 saturated heterocycles. The van der Waals surface area contributed by atoms with Gasteiger partial charge in [0.25, 0.3) is 0 Å². The first-order chi connectivity index (χ1) is 13.5. The summed E-state index contributed by atoms with van der Waals surface area (Å²) in [5.41, 5.74) is 2.39. The minimum Gasteiger partial charge on any atom is -0.368 e. The molecular weight excluding hydrogens is 354 g/mol. The van der Waals surface area contributed by atoms with E-state index in [1.807, 2.05) is 18.2 Å². The second kappa shape index (κ2) is 6.47. The van der Waals surface area contributed by atoms with Gasteiger partial charge < -0.3 is 9.80 Å². The molecule has 2 heterocycles. The molecule has 1 aromatic carbocycles. The van der Waals surface area contributed by atoms with Gasteiger partial charge in [-0.1, -0.05) is 29.8 Å². The number of imide groups is 1. The van der Waals surface area contributed by atoms with Crippen LogP contribution in [-0.2, 0) is 14.4 Å². The van der Waals surface area contributed by atoms with E-state index < -0.39 is 0 Å². The van der Waals surface area contributed by atoms with Gasteiger partial charge in [-0.25, -0.2) is 0 Å². The summed E-state index contributed by atoms with van der Waals surface area (Å²) in [5, 5.41) is 0. The predicted molar refractivity (Wildman–Crippen MR) is 104 cm³/mol. The quantitative estimate of drug-likeness (QED) is 0.590. The highest BCUT2D eigenvalue weighted by atomic mass is 16.2. The Balaban J connectivity index is 1.21. The minimum atomic E-state index is -0.232. The number of carbonyl (C=O) groups excluding carboxylic acids is 3. The lowest BCUT2D eigenvalue weighted by atomic mass is 9.82. The first kappa shape index (κ1) is 17.5. The molecule has 2 bridgehead atoms. The van der Waals surface area contributed by atoms with Crippen molar-refractivity contribution in [2.75, 3.05) is 37.6 Å². The average Bonchev–Trinajstić information content (AvgIpc) is 3.35. The molecule has 6 heteroatoms. The molecular formula is C22H25N3O3. The lowest BCUT2D eigenvalue weighted by Crippen LogP contribution is -2.52. The fourth-order valence-corrected chi connectivity index (χ4v) is 5.58. The van der Waals surface area contributed by atoms with Crippen LogP contribution in [0.25, 0.3) is 0 Å². The molecule has 0 radical (unpaired) electrons. The van der Waals surface area contributed by atoms with Crippen molar-refractivity contribution in [3.63, 3.8) is 0 Å². The highest BCUT2D eigenvalue weighted by Crippen LogP contribution is 2.55. The Labute approximate surface area is 164 Å². The largest absolute Gasteiger partial charge is 0.368 e. The molecule has 0 spiro atoms. The summed E-state index contributed by atoms with van der Waals surface area (Å²) in [6, 6.07) is 10.2. The number of para-hydroxylation sites is 1. The molecule has 146 valence electrons. The molecule has 4 atom stereocenters. The van der Waals surface area contributed by atoms with Crippen molar-refractivity contribution in [3.8, 4) is 0 Å². The SMILES string of the molecule is CC1=C[C@@H]2C[C@@H]1[C@H]1C(=O)N(CC(=O)N3CCN(c4ccccc4)CC3)C(=O)[C@H]12. The smallest absolute Gasteiger partial charge is 0.242 e. The number of anilines is 1. The van der Waals surface area contributed by atoms with E-state index in [2.05, 4.69) is 30.0 Å². The summed E-state index contributed by atoms with van der Waals surface area (Å²) in [6.07, 6.45) is 3.08. The summed E-state index contributed by atoms with van der Waals surface area (Å²) < 4.78 is 0. The predicted octanol–water partition coefficient (Wildman–Crippen LogP) is 1.53. The zero-order valence-corrected chi connectivity index (χ0v) is 16.1. The number of hydrogen-bond acceptors (Lipinski definition) is 4. The number of rotatable bonds is 3. The molecule has 2 aliphatic heterocycles. The molecule has 0 N–H and O–H groups in total. The molecule has 2 aliphatic carbocycles. The molecule has 5 rings (SSSR count). The van der Waals surface area contributed by atoms with Crippen molar-refractivity contribution in [2.24, 2.45) is 23.7 Å². The molecule has 1 aromatic rings. The van der Waals surface area contributed by atoms with Crippen molar-refractivity contribution in [2.45, 2.75) is 13.3 Å². The van der Waals surface area contributed by atoms with Gasteiger partial charge in [0.1, 0.15) is 6.54 Å². The van der Waals surface area contributed by atoms with Gasteiger partial charge in [-0.3, -0.25) is 19.3 Å². The van der Waals surface area contributed by atoms with Crippen molar-refractivity contribution >= 4 is 23.4 Å². The Kier molecular flexibility index (Phi) is 4.03. The van der Waals surface area contributed by atoms with E-state index in [-0.39, 0.29) is 47.9 Å². The van der Waals surface area contributed by atoms with E-state index in [0.717, 1.165) is 25.2 Å². The highest BCUT2D eigenvalue weighted by Gasteiger charge is 2.60. The van der Waals surface area contributed by atoms with Crippen LogP contribution in [0.3, 0.4) is 0 Å². The summed E-state index contributed by atoms with van der Waals surface area (Å²) in [5.74, 6) is -0.476. The van der Waals surface area contributed by atoms with Crippen molar-refractivity contribution in [1.82, 2.24) is 9.80 Å². The molecule has 3 fully saturated rings. The van der Waals surface area contributed by atoms with Crippen LogP contribution in [0, 0.1) is 23.7 Å². The third-order valence-electron chi connectivity index (χ3n) is 7.02. The molecule has 1 saturated carbocycles. The Morgan fingerprint density at radius 3 is 2.39 bits per heavy atom. The van der Waals surface area contributed by atoms with E-state index in [1.165, 1.54) is 10.5 Å². The maximum atomic E-state index is 12.9. The summed E-state index contributed by atoms with van der Waals surface area (Å²) >= 11 is 0. The van der Waals surface area contributed by atoms with E-state index in [9.17, 15) is 14.4 Å². The van der Waals surface area contributed by atoms with Gasteiger partial charge in [0, 0.05) is 31.9 Å². The Bertz CT molecular complexity index is 857. The van der Waals surface area contributed by atoms with Crippen LogP contribution in [0.2, 0.25) is 0 Å². The zero-order valence-electron chi connectivity index (χ0n) is 16.1. The molecule has 3 amide bonds. The van der Waals surface area contributed by atoms with Crippen LogP contribution in [0.5, 0.6) is 0 Å². The fraction of sp³-hybridized carbons (Fsp3) is 0.500. The normalized spacial score (nSPS) is 31.5. The van der Waals surface area contributed by atoms with E-state index in [4.69, 9.17) is 0 Å². The van der Waals surface area contributed by atoms with Crippen LogP contribution >= 0.6 is 0 Å². The van der Waals surface area contributed by atoms with Gasteiger partial charge in [0.15, 0.2) is 0 Å². The maximum Gasteiger partial charge on any atom is 0.242 e. The first-order valence-electron chi connectivity index (χ1n) is 10.2. The molecule has 28 heavy (non-hydrogen) atoms. The van der Waals surface area contributed by atoms with E-state index in [0.29, 0.717) is 13.1 Å². The second-order valence-electron chi connectivity index (χ2n) is 8.43. The van der Waals surface area contributed by atoms with Crippen LogP contribution in [0.1, 0.15) is 13.3 Å². The number of nitrogens with zero attached hydrogens (tertiary/aromatic N) is 3. The summed E-state index contributed by atoms with van der Waals surface area (Å²) in [7, 11) is 0. The lowest BCUT2D eigenvalue weighted by molar-refractivity contribution is -0.147. The zero-order chi connectivity index (χ0) is 19.4.